The van der Waals surface area contributed by atoms with Crippen molar-refractivity contribution in [3.8, 4) is 0 Å². The van der Waals surface area contributed by atoms with Crippen LogP contribution in [0.2, 0.25) is 0 Å². The van der Waals surface area contributed by atoms with E-state index in [9.17, 15) is 0 Å². The molecular formula is C16H34BrP. The molecule has 0 radical (unpaired) electrons. The first-order chi connectivity index (χ1) is 8.54. The van der Waals surface area contributed by atoms with Crippen LogP contribution >= 0.6 is 20.8 Å². The van der Waals surface area contributed by atoms with Gasteiger partial charge in [-0.05, 0) is 0 Å². The molecule has 0 aliphatic heterocycles. The number of halogens is 1. The summed E-state index contributed by atoms with van der Waals surface area (Å²) in [5, 5.41) is -1.73. The monoisotopic (exact) mass is 336 g/mol. The van der Waals surface area contributed by atoms with Gasteiger partial charge in [-0.2, -0.15) is 0 Å². The Morgan fingerprint density at radius 3 is 1.44 bits per heavy atom. The van der Waals surface area contributed by atoms with Crippen LogP contribution < -0.4 is 0 Å². The van der Waals surface area contributed by atoms with Gasteiger partial charge in [0.25, 0.3) is 0 Å². The van der Waals surface area contributed by atoms with Crippen LogP contribution in [0.15, 0.2) is 11.9 Å². The molecular weight excluding hydrogens is 303 g/mol. The van der Waals surface area contributed by atoms with Crippen LogP contribution in [-0.2, 0) is 0 Å². The third kappa shape index (κ3) is 6.71. The molecule has 0 spiro atoms. The zero-order valence-electron chi connectivity index (χ0n) is 13.1. The zero-order chi connectivity index (χ0) is 13.9. The number of unbranched alkanes of at least 4 members (excludes halogenated alkanes) is 3. The Labute approximate surface area is 124 Å². The first-order valence-electron chi connectivity index (χ1n) is 7.95. The average molecular weight is 337 g/mol. The number of hydrogen-bond donors (Lipinski definition) is 0. The molecule has 0 fully saturated rings. The Morgan fingerprint density at radius 2 is 1.17 bits per heavy atom. The van der Waals surface area contributed by atoms with Gasteiger partial charge in [0, 0.05) is 0 Å². The second-order valence-electron chi connectivity index (χ2n) is 5.70. The van der Waals surface area contributed by atoms with Gasteiger partial charge in [0.15, 0.2) is 0 Å². The van der Waals surface area contributed by atoms with Crippen molar-refractivity contribution in [1.29, 1.82) is 0 Å². The molecule has 0 saturated carbocycles. The minimum absolute atomic E-state index is 1.17. The molecule has 0 atom stereocenters. The van der Waals surface area contributed by atoms with E-state index in [2.05, 4.69) is 55.1 Å². The van der Waals surface area contributed by atoms with Crippen LogP contribution in [0.1, 0.15) is 72.6 Å². The van der Waals surface area contributed by atoms with E-state index < -0.39 is 5.31 Å². The van der Waals surface area contributed by atoms with Gasteiger partial charge in [0.2, 0.25) is 0 Å². The van der Waals surface area contributed by atoms with Crippen molar-refractivity contribution in [3.63, 3.8) is 0 Å². The van der Waals surface area contributed by atoms with E-state index in [-0.39, 0.29) is 0 Å². The van der Waals surface area contributed by atoms with Gasteiger partial charge in [-0.1, -0.05) is 0 Å². The molecule has 0 aromatic heterocycles. The summed E-state index contributed by atoms with van der Waals surface area (Å²) in [6.07, 6.45) is 15.9. The van der Waals surface area contributed by atoms with E-state index >= 15 is 0 Å². The molecule has 0 amide bonds. The molecule has 0 rings (SSSR count). The molecule has 0 bridgehead atoms. The molecule has 0 nitrogen and oxygen atoms in total. The molecule has 0 aliphatic rings. The van der Waals surface area contributed by atoms with E-state index in [0.717, 1.165) is 0 Å². The molecule has 0 saturated heterocycles. The Bertz CT molecular complexity index is 211. The maximum absolute atomic E-state index is 4.34. The summed E-state index contributed by atoms with van der Waals surface area (Å²) in [6.45, 7) is 9.20. The topological polar surface area (TPSA) is 0 Å². The predicted molar refractivity (Wildman–Crippen MR) is 94.6 cm³/mol. The molecule has 18 heavy (non-hydrogen) atoms. The van der Waals surface area contributed by atoms with Crippen molar-refractivity contribution in [2.45, 2.75) is 72.6 Å². The summed E-state index contributed by atoms with van der Waals surface area (Å²) in [5.41, 5.74) is 0. The van der Waals surface area contributed by atoms with Crippen molar-refractivity contribution >= 4 is 20.8 Å². The maximum atomic E-state index is 4.34. The molecule has 0 aromatic carbocycles. The SMILES string of the molecule is CC/C=C/P(Br)(CCCC)(CCCC)CCCC. The first-order valence-corrected chi connectivity index (χ1v) is 12.8. The fourth-order valence-electron chi connectivity index (χ4n) is 2.53. The fourth-order valence-corrected chi connectivity index (χ4v) is 10.3. The molecule has 2 heteroatoms. The van der Waals surface area contributed by atoms with Gasteiger partial charge in [-0.25, -0.2) is 0 Å². The molecule has 0 N–H and O–H groups in total. The van der Waals surface area contributed by atoms with Gasteiger partial charge >= 0.3 is 124 Å². The van der Waals surface area contributed by atoms with Gasteiger partial charge in [0.05, 0.1) is 0 Å². The van der Waals surface area contributed by atoms with Crippen molar-refractivity contribution in [2.75, 3.05) is 18.5 Å². The number of rotatable bonds is 11. The molecule has 110 valence electrons. The third-order valence-electron chi connectivity index (χ3n) is 3.84. The van der Waals surface area contributed by atoms with Gasteiger partial charge in [-0.3, -0.25) is 0 Å². The van der Waals surface area contributed by atoms with Crippen LogP contribution in [0.3, 0.4) is 0 Å². The van der Waals surface area contributed by atoms with Crippen LogP contribution in [0.5, 0.6) is 0 Å². The summed E-state index contributed by atoms with van der Waals surface area (Å²) >= 11 is 4.34. The molecule has 0 aromatic rings. The first kappa shape index (κ1) is 18.7. The Kier molecular flexibility index (Phi) is 9.88. The predicted octanol–water partition coefficient (Wildman–Crippen LogP) is 7.17. The number of allylic oxidation sites excluding steroid dienone is 1. The van der Waals surface area contributed by atoms with E-state index in [1.54, 1.807) is 0 Å². The molecule has 0 heterocycles. The minimum atomic E-state index is -1.73. The van der Waals surface area contributed by atoms with E-state index in [1.807, 2.05) is 0 Å². The van der Waals surface area contributed by atoms with E-state index in [0.29, 0.717) is 0 Å². The Morgan fingerprint density at radius 1 is 0.778 bits per heavy atom. The van der Waals surface area contributed by atoms with Crippen LogP contribution in [-0.4, -0.2) is 18.5 Å². The van der Waals surface area contributed by atoms with Gasteiger partial charge in [-0.15, -0.1) is 0 Å². The van der Waals surface area contributed by atoms with Crippen LogP contribution in [0.25, 0.3) is 0 Å². The van der Waals surface area contributed by atoms with Gasteiger partial charge in [0.1, 0.15) is 0 Å². The summed E-state index contributed by atoms with van der Waals surface area (Å²) in [7, 11) is 0. The summed E-state index contributed by atoms with van der Waals surface area (Å²) in [5.74, 6) is 2.63. The molecule has 0 aliphatic carbocycles. The normalized spacial score (nSPS) is 14.8. The fraction of sp³-hybridized carbons (Fsp3) is 0.875. The van der Waals surface area contributed by atoms with Crippen molar-refractivity contribution < 1.29 is 0 Å². The van der Waals surface area contributed by atoms with E-state index in [4.69, 9.17) is 0 Å². The quantitative estimate of drug-likeness (QED) is 0.350. The summed E-state index contributed by atoms with van der Waals surface area (Å²) < 4.78 is 0. The van der Waals surface area contributed by atoms with Crippen molar-refractivity contribution in [1.82, 2.24) is 0 Å². The standard InChI is InChI=1S/C16H34BrP/c1-5-9-13-18(17,14-10-6-2,15-11-7-3)16-12-8-4/h9,13H,5-8,10-12,14-16H2,1-4H3/b13-9+. The van der Waals surface area contributed by atoms with E-state index in [1.165, 1.54) is 63.4 Å². The summed E-state index contributed by atoms with van der Waals surface area (Å²) in [4.78, 5) is 0. The second-order valence-corrected chi connectivity index (χ2v) is 16.4. The molecule has 0 unspecified atom stereocenters. The van der Waals surface area contributed by atoms with Crippen LogP contribution in [0.4, 0.5) is 0 Å². The third-order valence-corrected chi connectivity index (χ3v) is 12.8. The van der Waals surface area contributed by atoms with Crippen molar-refractivity contribution in [3.05, 3.63) is 11.9 Å². The van der Waals surface area contributed by atoms with Crippen LogP contribution in [0, 0.1) is 0 Å². The zero-order valence-corrected chi connectivity index (χ0v) is 15.5. The Balaban J connectivity index is 5.01. The summed E-state index contributed by atoms with van der Waals surface area (Å²) in [6, 6.07) is 0. The van der Waals surface area contributed by atoms with Crippen molar-refractivity contribution in [2.24, 2.45) is 0 Å². The van der Waals surface area contributed by atoms with Gasteiger partial charge < -0.3 is 0 Å². The Hall–Kier alpha value is 0.650. The second kappa shape index (κ2) is 9.54. The number of hydrogen-bond acceptors (Lipinski definition) is 0. The average Bonchev–Trinajstić information content (AvgIpc) is 2.40.